The zero-order chi connectivity index (χ0) is 12.4. The van der Waals surface area contributed by atoms with Crippen molar-refractivity contribution >= 4 is 0 Å². The van der Waals surface area contributed by atoms with Crippen LogP contribution < -0.4 is 5.32 Å². The van der Waals surface area contributed by atoms with Gasteiger partial charge in [-0.2, -0.15) is 0 Å². The zero-order valence-electron chi connectivity index (χ0n) is 11.3. The average Bonchev–Trinajstić information content (AvgIpc) is 2.85. The molecule has 100 valence electrons. The van der Waals surface area contributed by atoms with E-state index in [9.17, 15) is 0 Å². The summed E-state index contributed by atoms with van der Waals surface area (Å²) >= 11 is 0. The number of nitrogens with one attached hydrogen (secondary N) is 1. The Kier molecular flexibility index (Phi) is 3.71. The van der Waals surface area contributed by atoms with Gasteiger partial charge in [0.2, 0.25) is 0 Å². The lowest BCUT2D eigenvalue weighted by atomic mass is 10.1. The van der Waals surface area contributed by atoms with E-state index in [0.717, 1.165) is 49.5 Å². The monoisotopic (exact) mass is 248 g/mol. The van der Waals surface area contributed by atoms with E-state index in [-0.39, 0.29) is 0 Å². The summed E-state index contributed by atoms with van der Waals surface area (Å²) in [6.45, 7) is 5.53. The van der Waals surface area contributed by atoms with Crippen LogP contribution in [0.3, 0.4) is 0 Å². The van der Waals surface area contributed by atoms with Crippen LogP contribution in [0.25, 0.3) is 0 Å². The summed E-state index contributed by atoms with van der Waals surface area (Å²) in [7, 11) is 0. The highest BCUT2D eigenvalue weighted by Gasteiger charge is 2.35. The van der Waals surface area contributed by atoms with E-state index < -0.39 is 0 Å². The molecular weight excluding hydrogens is 224 g/mol. The fraction of sp³-hybridized carbons (Fsp3) is 0.733. The van der Waals surface area contributed by atoms with E-state index >= 15 is 0 Å². The largest absolute Gasteiger partial charge is 0.465 e. The van der Waals surface area contributed by atoms with Crippen LogP contribution in [0.15, 0.2) is 16.5 Å². The molecule has 0 saturated carbocycles. The van der Waals surface area contributed by atoms with Gasteiger partial charge in [0, 0.05) is 25.0 Å². The Hall–Kier alpha value is -0.800. The van der Waals surface area contributed by atoms with Gasteiger partial charge >= 0.3 is 0 Å². The highest BCUT2D eigenvalue weighted by molar-refractivity contribution is 5.08. The number of rotatable bonds is 4. The van der Waals surface area contributed by atoms with Crippen LogP contribution in [0.2, 0.25) is 0 Å². The minimum atomic E-state index is 0.720. The van der Waals surface area contributed by atoms with Crippen LogP contribution in [0.4, 0.5) is 0 Å². The number of aryl methyl sites for hydroxylation is 1. The lowest BCUT2D eigenvalue weighted by Crippen LogP contribution is -2.37. The molecule has 18 heavy (non-hydrogen) atoms. The molecule has 0 amide bonds. The minimum absolute atomic E-state index is 0.720. The van der Waals surface area contributed by atoms with E-state index in [1.54, 1.807) is 0 Å². The van der Waals surface area contributed by atoms with Gasteiger partial charge in [0.15, 0.2) is 0 Å². The van der Waals surface area contributed by atoms with Crippen molar-refractivity contribution in [2.24, 2.45) is 0 Å². The topological polar surface area (TPSA) is 28.4 Å². The molecule has 2 aliphatic rings. The summed E-state index contributed by atoms with van der Waals surface area (Å²) in [5, 5.41) is 3.55. The van der Waals surface area contributed by atoms with Crippen molar-refractivity contribution in [3.8, 4) is 0 Å². The molecule has 1 N–H and O–H groups in total. The Labute approximate surface area is 110 Å². The van der Waals surface area contributed by atoms with Crippen molar-refractivity contribution in [2.45, 2.75) is 57.7 Å². The maximum atomic E-state index is 5.93. The lowest BCUT2D eigenvalue weighted by Gasteiger charge is -2.26. The second-order valence-corrected chi connectivity index (χ2v) is 5.67. The molecule has 0 unspecified atom stereocenters. The van der Waals surface area contributed by atoms with Crippen LogP contribution in [0, 0.1) is 0 Å². The van der Waals surface area contributed by atoms with E-state index in [1.165, 1.54) is 25.8 Å². The average molecular weight is 248 g/mol. The van der Waals surface area contributed by atoms with Crippen LogP contribution >= 0.6 is 0 Å². The molecule has 2 fully saturated rings. The Morgan fingerprint density at radius 3 is 2.94 bits per heavy atom. The van der Waals surface area contributed by atoms with Crippen molar-refractivity contribution in [3.05, 3.63) is 23.7 Å². The van der Waals surface area contributed by atoms with Crippen molar-refractivity contribution in [2.75, 3.05) is 13.1 Å². The summed E-state index contributed by atoms with van der Waals surface area (Å²) in [5.41, 5.74) is 0. The van der Waals surface area contributed by atoms with Gasteiger partial charge in [-0.3, -0.25) is 4.90 Å². The molecule has 3 nitrogen and oxygen atoms in total. The first kappa shape index (κ1) is 12.2. The van der Waals surface area contributed by atoms with Gasteiger partial charge in [0.1, 0.15) is 11.5 Å². The minimum Gasteiger partial charge on any atom is -0.465 e. The third kappa shape index (κ3) is 2.47. The van der Waals surface area contributed by atoms with E-state index in [0.29, 0.717) is 0 Å². The van der Waals surface area contributed by atoms with E-state index in [1.807, 2.05) is 0 Å². The van der Waals surface area contributed by atoms with Crippen molar-refractivity contribution in [1.29, 1.82) is 0 Å². The van der Waals surface area contributed by atoms with Gasteiger partial charge in [-0.1, -0.05) is 6.92 Å². The SMILES string of the molecule is CCCc1ccc(CN2[C@H]3CCNC[C@@H]2CC3)o1. The number of fused-ring (bicyclic) bond motifs is 2. The highest BCUT2D eigenvalue weighted by atomic mass is 16.3. The van der Waals surface area contributed by atoms with Crippen LogP contribution in [0.1, 0.15) is 44.1 Å². The Balaban J connectivity index is 1.67. The maximum absolute atomic E-state index is 5.93. The standard InChI is InChI=1S/C15H24N2O/c1-2-3-14-6-7-15(18-14)11-17-12-4-5-13(17)10-16-9-8-12/h6-7,12-13,16H,2-5,8-11H2,1H3/t12-,13+/m1/s1. The van der Waals surface area contributed by atoms with Gasteiger partial charge in [0.25, 0.3) is 0 Å². The molecule has 3 heteroatoms. The van der Waals surface area contributed by atoms with Crippen molar-refractivity contribution in [1.82, 2.24) is 10.2 Å². The fourth-order valence-corrected chi connectivity index (χ4v) is 3.41. The zero-order valence-corrected chi connectivity index (χ0v) is 11.3. The van der Waals surface area contributed by atoms with Gasteiger partial charge in [-0.15, -0.1) is 0 Å². The summed E-state index contributed by atoms with van der Waals surface area (Å²) in [6.07, 6.45) is 6.23. The molecule has 0 aromatic carbocycles. The molecule has 2 saturated heterocycles. The Morgan fingerprint density at radius 2 is 2.06 bits per heavy atom. The first-order chi connectivity index (χ1) is 8.86. The predicted molar refractivity (Wildman–Crippen MR) is 72.5 cm³/mol. The summed E-state index contributed by atoms with van der Waals surface area (Å²) in [6, 6.07) is 5.81. The number of furan rings is 1. The first-order valence-corrected chi connectivity index (χ1v) is 7.41. The molecule has 1 aromatic rings. The predicted octanol–water partition coefficient (Wildman–Crippen LogP) is 2.56. The first-order valence-electron chi connectivity index (χ1n) is 7.41. The third-order valence-electron chi connectivity index (χ3n) is 4.36. The van der Waals surface area contributed by atoms with E-state index in [4.69, 9.17) is 4.42 Å². The number of hydrogen-bond acceptors (Lipinski definition) is 3. The maximum Gasteiger partial charge on any atom is 0.118 e. The molecule has 2 atom stereocenters. The van der Waals surface area contributed by atoms with Crippen molar-refractivity contribution in [3.63, 3.8) is 0 Å². The van der Waals surface area contributed by atoms with Crippen LogP contribution in [0.5, 0.6) is 0 Å². The molecule has 3 rings (SSSR count). The van der Waals surface area contributed by atoms with Crippen molar-refractivity contribution < 1.29 is 4.42 Å². The molecule has 2 bridgehead atoms. The Bertz CT molecular complexity index is 374. The van der Waals surface area contributed by atoms with Gasteiger partial charge in [0.05, 0.1) is 6.54 Å². The lowest BCUT2D eigenvalue weighted by molar-refractivity contribution is 0.177. The molecule has 3 heterocycles. The third-order valence-corrected chi connectivity index (χ3v) is 4.36. The van der Waals surface area contributed by atoms with Crippen LogP contribution in [-0.2, 0) is 13.0 Å². The molecule has 0 radical (unpaired) electrons. The molecule has 0 aliphatic carbocycles. The quantitative estimate of drug-likeness (QED) is 0.887. The molecule has 0 spiro atoms. The second kappa shape index (κ2) is 5.45. The fourth-order valence-electron chi connectivity index (χ4n) is 3.41. The normalized spacial score (nSPS) is 28.5. The number of hydrogen-bond donors (Lipinski definition) is 1. The summed E-state index contributed by atoms with van der Waals surface area (Å²) in [5.74, 6) is 2.30. The second-order valence-electron chi connectivity index (χ2n) is 5.67. The van der Waals surface area contributed by atoms with E-state index in [2.05, 4.69) is 29.3 Å². The van der Waals surface area contributed by atoms with Gasteiger partial charge < -0.3 is 9.73 Å². The van der Waals surface area contributed by atoms with Gasteiger partial charge in [-0.25, -0.2) is 0 Å². The summed E-state index contributed by atoms with van der Waals surface area (Å²) in [4.78, 5) is 2.66. The van der Waals surface area contributed by atoms with Crippen LogP contribution in [-0.4, -0.2) is 30.1 Å². The smallest absolute Gasteiger partial charge is 0.118 e. The summed E-state index contributed by atoms with van der Waals surface area (Å²) < 4.78 is 5.93. The molecular formula is C15H24N2O. The molecule has 2 aliphatic heterocycles. The van der Waals surface area contributed by atoms with Gasteiger partial charge in [-0.05, 0) is 44.4 Å². The number of nitrogens with zero attached hydrogens (tertiary/aromatic N) is 1. The molecule has 1 aromatic heterocycles. The highest BCUT2D eigenvalue weighted by Crippen LogP contribution is 2.29. The Morgan fingerprint density at radius 1 is 1.22 bits per heavy atom.